The first kappa shape index (κ1) is 14.2. The molecule has 114 valence electrons. The van der Waals surface area contributed by atoms with Crippen LogP contribution in [-0.2, 0) is 27.2 Å². The minimum Gasteiger partial charge on any atom is -0.472 e. The Bertz CT molecular complexity index is 547. The Balaban J connectivity index is 1.80. The third-order valence-corrected chi connectivity index (χ3v) is 3.29. The molecule has 3 heterocycles. The maximum atomic E-state index is 5.68. The number of hydrogen-bond donors (Lipinski definition) is 0. The fourth-order valence-corrected chi connectivity index (χ4v) is 2.26. The second-order valence-electron chi connectivity index (χ2n) is 4.86. The van der Waals surface area contributed by atoms with Gasteiger partial charge in [0.25, 0.3) is 0 Å². The summed E-state index contributed by atoms with van der Waals surface area (Å²) < 4.78 is 23.2. The molecular formula is C14H19N3O4. The lowest BCUT2D eigenvalue weighted by Gasteiger charge is -2.23. The third-order valence-electron chi connectivity index (χ3n) is 3.29. The van der Waals surface area contributed by atoms with Crippen molar-refractivity contribution in [2.45, 2.75) is 19.1 Å². The summed E-state index contributed by atoms with van der Waals surface area (Å²) in [4.78, 5) is 4.57. The number of hydrogen-bond acceptors (Lipinski definition) is 6. The highest BCUT2D eigenvalue weighted by molar-refractivity contribution is 5.52. The van der Waals surface area contributed by atoms with Gasteiger partial charge in [-0.2, -0.15) is 5.10 Å². The fraction of sp³-hybridized carbons (Fsp3) is 0.571. The first-order chi connectivity index (χ1) is 10.4. The quantitative estimate of drug-likeness (QED) is 0.795. The monoisotopic (exact) mass is 293 g/mol. The molecule has 7 heteroatoms. The second kappa shape index (κ2) is 6.84. The van der Waals surface area contributed by atoms with Gasteiger partial charge in [-0.25, -0.2) is 9.67 Å². The Hall–Kier alpha value is -1.70. The summed E-state index contributed by atoms with van der Waals surface area (Å²) >= 11 is 0. The van der Waals surface area contributed by atoms with Gasteiger partial charge in [0.1, 0.15) is 12.4 Å². The van der Waals surface area contributed by atoms with Crippen molar-refractivity contribution in [2.75, 3.05) is 33.5 Å². The summed E-state index contributed by atoms with van der Waals surface area (Å²) in [5.74, 6) is 1.54. The van der Waals surface area contributed by atoms with E-state index in [1.807, 2.05) is 10.7 Å². The van der Waals surface area contributed by atoms with Gasteiger partial charge in [0, 0.05) is 13.5 Å². The van der Waals surface area contributed by atoms with Gasteiger partial charge in [-0.15, -0.1) is 0 Å². The molecule has 0 radical (unpaired) electrons. The van der Waals surface area contributed by atoms with E-state index in [9.17, 15) is 0 Å². The molecule has 2 aromatic heterocycles. The number of ether oxygens (including phenoxy) is 3. The molecule has 7 nitrogen and oxygen atoms in total. The summed E-state index contributed by atoms with van der Waals surface area (Å²) in [5, 5.41) is 4.55. The van der Waals surface area contributed by atoms with E-state index in [-0.39, 0.29) is 6.10 Å². The van der Waals surface area contributed by atoms with Crippen LogP contribution in [0.2, 0.25) is 0 Å². The minimum atomic E-state index is 0.00127. The minimum absolute atomic E-state index is 0.00127. The zero-order chi connectivity index (χ0) is 14.5. The lowest BCUT2D eigenvalue weighted by Crippen LogP contribution is -2.32. The predicted octanol–water partition coefficient (Wildman–Crippen LogP) is 1.14. The van der Waals surface area contributed by atoms with Crippen LogP contribution in [0.15, 0.2) is 23.0 Å². The Kier molecular flexibility index (Phi) is 4.64. The van der Waals surface area contributed by atoms with Crippen LogP contribution >= 0.6 is 0 Å². The molecule has 3 rings (SSSR count). The van der Waals surface area contributed by atoms with Crippen LogP contribution in [0.5, 0.6) is 0 Å². The molecule has 0 spiro atoms. The molecule has 2 aromatic rings. The summed E-state index contributed by atoms with van der Waals surface area (Å²) in [6.45, 7) is 3.06. The van der Waals surface area contributed by atoms with E-state index in [2.05, 4.69) is 10.1 Å². The summed E-state index contributed by atoms with van der Waals surface area (Å²) in [6.07, 6.45) is 3.97. The van der Waals surface area contributed by atoms with E-state index in [1.54, 1.807) is 19.6 Å². The molecule has 0 bridgehead atoms. The summed E-state index contributed by atoms with van der Waals surface area (Å²) in [5.41, 5.74) is 0.905. The zero-order valence-corrected chi connectivity index (χ0v) is 12.0. The highest BCUT2D eigenvalue weighted by Gasteiger charge is 2.20. The van der Waals surface area contributed by atoms with Gasteiger partial charge in [-0.3, -0.25) is 0 Å². The SMILES string of the molecule is COCCc1nc(-c2ccoc2)n(C[C@@H]2COCCO2)n1. The maximum absolute atomic E-state index is 5.68. The van der Waals surface area contributed by atoms with Crippen LogP contribution in [0.3, 0.4) is 0 Å². The topological polar surface area (TPSA) is 71.5 Å². The second-order valence-corrected chi connectivity index (χ2v) is 4.86. The van der Waals surface area contributed by atoms with Gasteiger partial charge in [0.05, 0.1) is 44.8 Å². The molecule has 1 saturated heterocycles. The Morgan fingerprint density at radius 3 is 3.10 bits per heavy atom. The van der Waals surface area contributed by atoms with Crippen molar-refractivity contribution < 1.29 is 18.6 Å². The van der Waals surface area contributed by atoms with Crippen molar-refractivity contribution in [3.63, 3.8) is 0 Å². The van der Waals surface area contributed by atoms with Crippen molar-refractivity contribution in [1.29, 1.82) is 0 Å². The standard InChI is InChI=1S/C14H19N3O4/c1-18-4-3-13-15-14(11-2-5-19-9-11)17(16-13)8-12-10-20-6-7-21-12/h2,5,9,12H,3-4,6-8,10H2,1H3/t12-/m1/s1. The highest BCUT2D eigenvalue weighted by atomic mass is 16.6. The molecule has 0 aliphatic carbocycles. The highest BCUT2D eigenvalue weighted by Crippen LogP contribution is 2.19. The number of nitrogens with zero attached hydrogens (tertiary/aromatic N) is 3. The predicted molar refractivity (Wildman–Crippen MR) is 73.9 cm³/mol. The van der Waals surface area contributed by atoms with Crippen molar-refractivity contribution in [3.05, 3.63) is 24.4 Å². The maximum Gasteiger partial charge on any atom is 0.161 e. The van der Waals surface area contributed by atoms with Crippen LogP contribution < -0.4 is 0 Å². The lowest BCUT2D eigenvalue weighted by molar-refractivity contribution is -0.0945. The average molecular weight is 293 g/mol. The van der Waals surface area contributed by atoms with E-state index in [1.165, 1.54) is 0 Å². The fourth-order valence-electron chi connectivity index (χ4n) is 2.26. The molecule has 0 unspecified atom stereocenters. The Labute approximate surface area is 122 Å². The number of aromatic nitrogens is 3. The zero-order valence-electron chi connectivity index (χ0n) is 12.0. The summed E-state index contributed by atoms with van der Waals surface area (Å²) in [6, 6.07) is 1.87. The Morgan fingerprint density at radius 2 is 2.38 bits per heavy atom. The normalized spacial score (nSPS) is 19.0. The summed E-state index contributed by atoms with van der Waals surface area (Å²) in [7, 11) is 1.67. The van der Waals surface area contributed by atoms with Crippen molar-refractivity contribution in [3.8, 4) is 11.4 Å². The Morgan fingerprint density at radius 1 is 1.43 bits per heavy atom. The first-order valence-corrected chi connectivity index (χ1v) is 7.01. The molecule has 0 saturated carbocycles. The van der Waals surface area contributed by atoms with Crippen molar-refractivity contribution >= 4 is 0 Å². The van der Waals surface area contributed by atoms with E-state index in [0.29, 0.717) is 39.4 Å². The van der Waals surface area contributed by atoms with Crippen LogP contribution in [0.25, 0.3) is 11.4 Å². The van der Waals surface area contributed by atoms with E-state index >= 15 is 0 Å². The van der Waals surface area contributed by atoms with E-state index < -0.39 is 0 Å². The smallest absolute Gasteiger partial charge is 0.161 e. The molecule has 0 N–H and O–H groups in total. The van der Waals surface area contributed by atoms with E-state index in [4.69, 9.17) is 18.6 Å². The van der Waals surface area contributed by atoms with Crippen LogP contribution in [0, 0.1) is 0 Å². The van der Waals surface area contributed by atoms with Crippen molar-refractivity contribution in [2.24, 2.45) is 0 Å². The molecule has 0 aromatic carbocycles. The lowest BCUT2D eigenvalue weighted by atomic mass is 10.3. The molecule has 1 atom stereocenters. The first-order valence-electron chi connectivity index (χ1n) is 7.01. The van der Waals surface area contributed by atoms with Crippen LogP contribution in [0.1, 0.15) is 5.82 Å². The van der Waals surface area contributed by atoms with Gasteiger partial charge >= 0.3 is 0 Å². The van der Waals surface area contributed by atoms with E-state index in [0.717, 1.165) is 17.2 Å². The number of rotatable bonds is 6. The van der Waals surface area contributed by atoms with Gasteiger partial charge in [0.15, 0.2) is 11.6 Å². The van der Waals surface area contributed by atoms with Gasteiger partial charge in [0.2, 0.25) is 0 Å². The molecule has 1 aliphatic heterocycles. The third kappa shape index (κ3) is 3.49. The molecule has 0 amide bonds. The number of methoxy groups -OCH3 is 1. The van der Waals surface area contributed by atoms with Gasteiger partial charge < -0.3 is 18.6 Å². The molecular weight excluding hydrogens is 274 g/mol. The number of furan rings is 1. The van der Waals surface area contributed by atoms with Gasteiger partial charge in [-0.05, 0) is 6.07 Å². The molecule has 1 aliphatic rings. The van der Waals surface area contributed by atoms with Crippen molar-refractivity contribution in [1.82, 2.24) is 14.8 Å². The van der Waals surface area contributed by atoms with Gasteiger partial charge in [-0.1, -0.05) is 0 Å². The molecule has 1 fully saturated rings. The molecule has 21 heavy (non-hydrogen) atoms. The van der Waals surface area contributed by atoms with Crippen LogP contribution in [0.4, 0.5) is 0 Å². The average Bonchev–Trinajstić information content (AvgIpc) is 3.15. The largest absolute Gasteiger partial charge is 0.472 e. The van der Waals surface area contributed by atoms with Crippen LogP contribution in [-0.4, -0.2) is 54.4 Å².